The third-order valence-electron chi connectivity index (χ3n) is 9.08. The van der Waals surface area contributed by atoms with Crippen LogP contribution in [0.2, 0.25) is 19.6 Å². The SMILES string of the molecule is Cc1cc(-c2[c-]cccc2)ncc1[Si](C)(C)C.[2H]C(C)(C)c1ccnc(-c2[c-]ccc3c2sc2c4cc5ccc(OC)cc5cc4ccc32)c1.[Ir]. The number of benzene rings is 5. The molecule has 0 saturated carbocycles. The van der Waals surface area contributed by atoms with Gasteiger partial charge in [0.05, 0.1) is 15.2 Å². The summed E-state index contributed by atoms with van der Waals surface area (Å²) in [6, 6.07) is 40.1. The number of hydrogen-bond donors (Lipinski definition) is 0. The smallest absolute Gasteiger partial charge is 0.119 e. The average molecular weight is 866 g/mol. The molecule has 50 heavy (non-hydrogen) atoms. The number of aromatic nitrogens is 2. The van der Waals surface area contributed by atoms with E-state index in [1.165, 1.54) is 52.5 Å². The van der Waals surface area contributed by atoms with Crippen LogP contribution in [0.1, 0.15) is 32.2 Å². The van der Waals surface area contributed by atoms with Crippen LogP contribution < -0.4 is 9.92 Å². The number of nitrogens with zero attached hydrogens (tertiary/aromatic N) is 2. The predicted octanol–water partition coefficient (Wildman–Crippen LogP) is 11.8. The van der Waals surface area contributed by atoms with Crippen molar-refractivity contribution >= 4 is 66.3 Å². The van der Waals surface area contributed by atoms with E-state index in [0.29, 0.717) is 0 Å². The molecule has 0 aliphatic heterocycles. The molecular weight excluding hydrogens is 825 g/mol. The zero-order chi connectivity index (χ0) is 35.2. The van der Waals surface area contributed by atoms with Gasteiger partial charge in [-0.25, -0.2) is 0 Å². The number of thiophene rings is 1. The van der Waals surface area contributed by atoms with Crippen molar-refractivity contribution in [3.8, 4) is 28.3 Å². The molecule has 1 radical (unpaired) electrons. The fraction of sp³-hybridized carbons (Fsp3) is 0.182. The standard InChI is InChI=1S/C29H22NOS.C15H18NSi.Ir/c1-17(2)18-11-12-30-27(16-18)25-6-4-5-23-24-10-8-20-13-21-14-22(31-3)9-7-19(21)15-26(20)29(24)32-28(23)25;1-12-10-14(13-8-6-5-7-9-13)16-11-15(12)17(2,3)4;/h4-5,7-17H,1-3H3;5-8,10-11H,1-4H3;/q2*-1;/i17D;;. The summed E-state index contributed by atoms with van der Waals surface area (Å²) < 4.78 is 16.3. The van der Waals surface area contributed by atoms with Crippen LogP contribution in [-0.2, 0) is 20.1 Å². The number of hydrogen-bond acceptors (Lipinski definition) is 4. The minimum Gasteiger partial charge on any atom is -0.497 e. The Bertz CT molecular complexity index is 2520. The summed E-state index contributed by atoms with van der Waals surface area (Å²) in [5.41, 5.74) is 6.26. The third kappa shape index (κ3) is 7.04. The first kappa shape index (κ1) is 34.3. The molecule has 3 nitrogen and oxygen atoms in total. The monoisotopic (exact) mass is 866 g/mol. The van der Waals surface area contributed by atoms with Gasteiger partial charge in [0.15, 0.2) is 0 Å². The Morgan fingerprint density at radius 1 is 0.760 bits per heavy atom. The summed E-state index contributed by atoms with van der Waals surface area (Å²) in [5.74, 6) is 0.196. The van der Waals surface area contributed by atoms with Gasteiger partial charge < -0.3 is 14.7 Å². The van der Waals surface area contributed by atoms with Crippen molar-refractivity contribution in [2.24, 2.45) is 0 Å². The third-order valence-corrected chi connectivity index (χ3v) is 12.5. The van der Waals surface area contributed by atoms with Gasteiger partial charge in [-0.3, -0.25) is 0 Å². The minimum absolute atomic E-state index is 0. The molecule has 8 rings (SSSR count). The fourth-order valence-electron chi connectivity index (χ4n) is 6.48. The van der Waals surface area contributed by atoms with Crippen molar-refractivity contribution in [3.63, 3.8) is 0 Å². The quantitative estimate of drug-likeness (QED) is 0.0982. The first-order chi connectivity index (χ1) is 23.9. The van der Waals surface area contributed by atoms with E-state index < -0.39 is 14.0 Å². The minimum atomic E-state index is -1.27. The molecule has 3 heterocycles. The van der Waals surface area contributed by atoms with E-state index in [2.05, 4.69) is 109 Å². The zero-order valence-corrected chi connectivity index (χ0v) is 33.6. The number of methoxy groups -OCH3 is 1. The summed E-state index contributed by atoms with van der Waals surface area (Å²) in [6.45, 7) is 13.0. The number of fused-ring (bicyclic) bond motifs is 6. The van der Waals surface area contributed by atoms with Crippen LogP contribution in [0.5, 0.6) is 5.75 Å². The average Bonchev–Trinajstić information content (AvgIpc) is 3.50. The van der Waals surface area contributed by atoms with E-state index in [0.717, 1.165) is 33.8 Å². The van der Waals surface area contributed by atoms with E-state index in [1.807, 2.05) is 56.3 Å². The van der Waals surface area contributed by atoms with Crippen LogP contribution in [0.3, 0.4) is 0 Å². The van der Waals surface area contributed by atoms with Crippen molar-refractivity contribution in [1.29, 1.82) is 0 Å². The van der Waals surface area contributed by atoms with Crippen molar-refractivity contribution in [2.45, 2.75) is 46.3 Å². The molecular formula is C44H40IrN2OSSi-2. The molecule has 3 aromatic heterocycles. The van der Waals surface area contributed by atoms with Gasteiger partial charge in [0.2, 0.25) is 0 Å². The Morgan fingerprint density at radius 2 is 1.56 bits per heavy atom. The van der Waals surface area contributed by atoms with Crippen molar-refractivity contribution in [2.75, 3.05) is 7.11 Å². The van der Waals surface area contributed by atoms with Crippen LogP contribution >= 0.6 is 11.3 Å². The molecule has 253 valence electrons. The molecule has 0 spiro atoms. The van der Waals surface area contributed by atoms with Crippen molar-refractivity contribution in [1.82, 2.24) is 9.97 Å². The summed E-state index contributed by atoms with van der Waals surface area (Å²) in [6.07, 6.45) is 3.86. The van der Waals surface area contributed by atoms with Crippen LogP contribution in [0.4, 0.5) is 0 Å². The summed E-state index contributed by atoms with van der Waals surface area (Å²) in [5, 5.41) is 8.77. The van der Waals surface area contributed by atoms with Crippen molar-refractivity contribution in [3.05, 3.63) is 133 Å². The number of pyridine rings is 2. The Morgan fingerprint density at radius 3 is 2.28 bits per heavy atom. The molecule has 0 aliphatic rings. The Kier molecular flexibility index (Phi) is 9.99. The first-order valence-electron chi connectivity index (χ1n) is 17.1. The molecule has 0 aliphatic carbocycles. The topological polar surface area (TPSA) is 35.0 Å². The molecule has 0 atom stereocenters. The normalized spacial score (nSPS) is 12.0. The zero-order valence-electron chi connectivity index (χ0n) is 30.4. The molecule has 0 unspecified atom stereocenters. The van der Waals surface area contributed by atoms with Gasteiger partial charge in [0.1, 0.15) is 5.75 Å². The molecule has 8 aromatic rings. The molecule has 0 N–H and O–H groups in total. The molecule has 0 saturated heterocycles. The van der Waals surface area contributed by atoms with Gasteiger partial charge in [-0.05, 0) is 91.4 Å². The number of rotatable bonds is 5. The van der Waals surface area contributed by atoms with Gasteiger partial charge in [0.25, 0.3) is 0 Å². The van der Waals surface area contributed by atoms with Gasteiger partial charge in [-0.1, -0.05) is 80.3 Å². The van der Waals surface area contributed by atoms with Crippen molar-refractivity contribution < 1.29 is 26.2 Å². The molecule has 6 heteroatoms. The fourth-order valence-corrected chi connectivity index (χ4v) is 9.52. The summed E-state index contributed by atoms with van der Waals surface area (Å²) >= 11 is 1.80. The second-order valence-corrected chi connectivity index (χ2v) is 19.8. The predicted molar refractivity (Wildman–Crippen MR) is 213 cm³/mol. The van der Waals surface area contributed by atoms with Crippen LogP contribution in [0.15, 0.2) is 109 Å². The Hall–Kier alpha value is -4.19. The van der Waals surface area contributed by atoms with E-state index >= 15 is 0 Å². The van der Waals surface area contributed by atoms with Crippen LogP contribution in [0, 0.1) is 19.1 Å². The van der Waals surface area contributed by atoms with Gasteiger partial charge >= 0.3 is 0 Å². The molecule has 0 fully saturated rings. The molecule has 0 bridgehead atoms. The maximum absolute atomic E-state index is 8.42. The largest absolute Gasteiger partial charge is 0.497 e. The second-order valence-electron chi connectivity index (χ2n) is 13.8. The maximum Gasteiger partial charge on any atom is 0.119 e. The molecule has 5 aromatic carbocycles. The van der Waals surface area contributed by atoms with Gasteiger partial charge in [-0.2, -0.15) is 11.3 Å². The summed E-state index contributed by atoms with van der Waals surface area (Å²) in [4.78, 5) is 9.22. The number of ether oxygens (including phenoxy) is 1. The first-order valence-corrected chi connectivity index (χ1v) is 20.9. The Labute approximate surface area is 315 Å². The van der Waals surface area contributed by atoms with Crippen LogP contribution in [0.25, 0.3) is 64.2 Å². The van der Waals surface area contributed by atoms with Crippen LogP contribution in [-0.4, -0.2) is 25.2 Å². The second kappa shape index (κ2) is 14.6. The van der Waals surface area contributed by atoms with Gasteiger partial charge in [0, 0.05) is 38.6 Å². The van der Waals surface area contributed by atoms with E-state index in [-0.39, 0.29) is 20.1 Å². The maximum atomic E-state index is 8.42. The van der Waals surface area contributed by atoms with Gasteiger partial charge in [-0.15, -0.1) is 59.7 Å². The Balaban J connectivity index is 0.000000211. The van der Waals surface area contributed by atoms with E-state index in [4.69, 9.17) is 6.11 Å². The number of aryl methyl sites for hydroxylation is 1. The van der Waals surface area contributed by atoms with E-state index in [1.54, 1.807) is 24.6 Å². The molecule has 0 amide bonds. The van der Waals surface area contributed by atoms with E-state index in [9.17, 15) is 0 Å². The summed E-state index contributed by atoms with van der Waals surface area (Å²) in [7, 11) is 0.427.